The molecule has 0 saturated carbocycles. The zero-order valence-corrected chi connectivity index (χ0v) is 11.5. The van der Waals surface area contributed by atoms with Crippen LogP contribution >= 0.6 is 0 Å². The number of nitrogens with two attached hydrogens (primary N) is 1. The molecule has 1 aromatic heterocycles. The number of hydrogen-bond acceptors (Lipinski definition) is 2. The SMILES string of the molecule is CNC(=O)CCn1ccc2c1CC(C)(C)CC2N. The van der Waals surface area contributed by atoms with E-state index in [1.807, 2.05) is 0 Å². The summed E-state index contributed by atoms with van der Waals surface area (Å²) >= 11 is 0. The monoisotopic (exact) mass is 249 g/mol. The van der Waals surface area contributed by atoms with Crippen molar-refractivity contribution in [3.63, 3.8) is 0 Å². The van der Waals surface area contributed by atoms with Gasteiger partial charge in [0.1, 0.15) is 0 Å². The first-order chi connectivity index (χ1) is 8.43. The maximum atomic E-state index is 11.3. The van der Waals surface area contributed by atoms with Crippen molar-refractivity contribution in [1.29, 1.82) is 0 Å². The maximum Gasteiger partial charge on any atom is 0.221 e. The van der Waals surface area contributed by atoms with Crippen LogP contribution in [0.15, 0.2) is 12.3 Å². The van der Waals surface area contributed by atoms with E-state index in [1.165, 1.54) is 11.3 Å². The first-order valence-electron chi connectivity index (χ1n) is 6.57. The molecule has 0 saturated heterocycles. The average molecular weight is 249 g/mol. The molecule has 1 aromatic rings. The molecule has 4 nitrogen and oxygen atoms in total. The molecule has 0 fully saturated rings. The molecule has 1 atom stereocenters. The number of fused-ring (bicyclic) bond motifs is 1. The van der Waals surface area contributed by atoms with E-state index >= 15 is 0 Å². The largest absolute Gasteiger partial charge is 0.359 e. The Kier molecular flexibility index (Phi) is 3.48. The fourth-order valence-corrected chi connectivity index (χ4v) is 2.85. The van der Waals surface area contributed by atoms with Gasteiger partial charge in [-0.3, -0.25) is 4.79 Å². The van der Waals surface area contributed by atoms with Gasteiger partial charge in [0.25, 0.3) is 0 Å². The summed E-state index contributed by atoms with van der Waals surface area (Å²) in [4.78, 5) is 11.3. The van der Waals surface area contributed by atoms with Gasteiger partial charge in [-0.15, -0.1) is 0 Å². The lowest BCUT2D eigenvalue weighted by molar-refractivity contribution is -0.120. The smallest absolute Gasteiger partial charge is 0.221 e. The minimum atomic E-state index is 0.0804. The number of amides is 1. The quantitative estimate of drug-likeness (QED) is 0.854. The van der Waals surface area contributed by atoms with Crippen LogP contribution < -0.4 is 11.1 Å². The second-order valence-electron chi connectivity index (χ2n) is 5.99. The number of nitrogens with zero attached hydrogens (tertiary/aromatic N) is 1. The number of hydrogen-bond donors (Lipinski definition) is 2. The second-order valence-corrected chi connectivity index (χ2v) is 5.99. The van der Waals surface area contributed by atoms with Gasteiger partial charge in [-0.1, -0.05) is 13.8 Å². The lowest BCUT2D eigenvalue weighted by Gasteiger charge is -2.34. The highest BCUT2D eigenvalue weighted by atomic mass is 16.1. The Morgan fingerprint density at radius 2 is 2.33 bits per heavy atom. The molecule has 0 radical (unpaired) electrons. The van der Waals surface area contributed by atoms with E-state index in [0.717, 1.165) is 19.4 Å². The van der Waals surface area contributed by atoms with Crippen molar-refractivity contribution in [3.05, 3.63) is 23.5 Å². The number of rotatable bonds is 3. The van der Waals surface area contributed by atoms with E-state index in [1.54, 1.807) is 7.05 Å². The number of carbonyl (C=O) groups excluding carboxylic acids is 1. The molecule has 1 unspecified atom stereocenters. The normalized spacial score (nSPS) is 21.4. The summed E-state index contributed by atoms with van der Waals surface area (Å²) < 4.78 is 2.19. The van der Waals surface area contributed by atoms with Crippen LogP contribution in [0.4, 0.5) is 0 Å². The van der Waals surface area contributed by atoms with Gasteiger partial charge in [0, 0.05) is 37.9 Å². The van der Waals surface area contributed by atoms with Crippen molar-refractivity contribution >= 4 is 5.91 Å². The molecular weight excluding hydrogens is 226 g/mol. The zero-order valence-electron chi connectivity index (χ0n) is 11.5. The molecule has 1 heterocycles. The summed E-state index contributed by atoms with van der Waals surface area (Å²) in [5.74, 6) is 0.0804. The lowest BCUT2D eigenvalue weighted by atomic mass is 9.74. The standard InChI is InChI=1S/C14H23N3O/c1-14(2)8-11(15)10-4-6-17(12(10)9-14)7-5-13(18)16-3/h4,6,11H,5,7-9,15H2,1-3H3,(H,16,18). The summed E-state index contributed by atoms with van der Waals surface area (Å²) in [6, 6.07) is 2.24. The van der Waals surface area contributed by atoms with Gasteiger partial charge in [-0.2, -0.15) is 0 Å². The van der Waals surface area contributed by atoms with Crippen molar-refractivity contribution in [2.45, 2.75) is 45.7 Å². The van der Waals surface area contributed by atoms with Crippen LogP contribution in [-0.2, 0) is 17.8 Å². The van der Waals surface area contributed by atoms with Crippen molar-refractivity contribution < 1.29 is 4.79 Å². The van der Waals surface area contributed by atoms with Gasteiger partial charge in [0.2, 0.25) is 5.91 Å². The van der Waals surface area contributed by atoms with Crippen LogP contribution in [0, 0.1) is 5.41 Å². The van der Waals surface area contributed by atoms with Gasteiger partial charge < -0.3 is 15.6 Å². The molecule has 1 amide bonds. The fourth-order valence-electron chi connectivity index (χ4n) is 2.85. The molecular formula is C14H23N3O. The summed E-state index contributed by atoms with van der Waals surface area (Å²) in [6.45, 7) is 5.25. The first kappa shape index (κ1) is 13.1. The maximum absolute atomic E-state index is 11.3. The van der Waals surface area contributed by atoms with Crippen molar-refractivity contribution in [2.75, 3.05) is 7.05 Å². The third kappa shape index (κ3) is 2.58. The molecule has 0 spiro atoms. The number of aromatic nitrogens is 1. The van der Waals surface area contributed by atoms with Crippen LogP contribution in [0.1, 0.15) is 44.0 Å². The van der Waals surface area contributed by atoms with Gasteiger partial charge in [0.15, 0.2) is 0 Å². The molecule has 1 aliphatic rings. The van der Waals surface area contributed by atoms with E-state index in [2.05, 4.69) is 36.0 Å². The van der Waals surface area contributed by atoms with E-state index in [0.29, 0.717) is 6.42 Å². The highest BCUT2D eigenvalue weighted by Gasteiger charge is 2.32. The molecule has 1 aliphatic carbocycles. The lowest BCUT2D eigenvalue weighted by Crippen LogP contribution is -2.30. The van der Waals surface area contributed by atoms with Crippen LogP contribution in [0.25, 0.3) is 0 Å². The van der Waals surface area contributed by atoms with Crippen molar-refractivity contribution in [2.24, 2.45) is 11.1 Å². The van der Waals surface area contributed by atoms with Crippen LogP contribution in [0.5, 0.6) is 0 Å². The third-order valence-corrected chi connectivity index (χ3v) is 3.79. The molecule has 18 heavy (non-hydrogen) atoms. The summed E-state index contributed by atoms with van der Waals surface area (Å²) in [5, 5.41) is 2.66. The Balaban J connectivity index is 2.17. The third-order valence-electron chi connectivity index (χ3n) is 3.79. The first-order valence-corrected chi connectivity index (χ1v) is 6.57. The van der Waals surface area contributed by atoms with Gasteiger partial charge in [-0.05, 0) is 29.9 Å². The molecule has 4 heteroatoms. The molecule has 0 aromatic carbocycles. The number of carbonyl (C=O) groups is 1. The Labute approximate surface area is 109 Å². The van der Waals surface area contributed by atoms with Crippen molar-refractivity contribution in [1.82, 2.24) is 9.88 Å². The highest BCUT2D eigenvalue weighted by molar-refractivity contribution is 5.75. The average Bonchev–Trinajstić information content (AvgIpc) is 2.67. The van der Waals surface area contributed by atoms with E-state index in [4.69, 9.17) is 5.73 Å². The Morgan fingerprint density at radius 3 is 3.00 bits per heavy atom. The fraction of sp³-hybridized carbons (Fsp3) is 0.643. The molecule has 2 rings (SSSR count). The summed E-state index contributed by atoms with van der Waals surface area (Å²) in [5.41, 5.74) is 9.03. The topological polar surface area (TPSA) is 60.0 Å². The number of nitrogens with one attached hydrogen (secondary N) is 1. The Morgan fingerprint density at radius 1 is 1.61 bits per heavy atom. The Hall–Kier alpha value is -1.29. The summed E-state index contributed by atoms with van der Waals surface area (Å²) in [7, 11) is 1.67. The predicted molar refractivity (Wildman–Crippen MR) is 72.1 cm³/mol. The van der Waals surface area contributed by atoms with Crippen LogP contribution in [0.3, 0.4) is 0 Å². The Bertz CT molecular complexity index is 448. The minimum absolute atomic E-state index is 0.0804. The zero-order chi connectivity index (χ0) is 13.3. The molecule has 100 valence electrons. The second kappa shape index (κ2) is 4.76. The molecule has 0 bridgehead atoms. The van der Waals surface area contributed by atoms with Crippen molar-refractivity contribution in [3.8, 4) is 0 Å². The summed E-state index contributed by atoms with van der Waals surface area (Å²) in [6.07, 6.45) is 4.65. The highest BCUT2D eigenvalue weighted by Crippen LogP contribution is 2.39. The van der Waals surface area contributed by atoms with Gasteiger partial charge in [-0.25, -0.2) is 0 Å². The molecule has 0 aliphatic heterocycles. The predicted octanol–water partition coefficient (Wildman–Crippen LogP) is 1.60. The van der Waals surface area contributed by atoms with E-state index in [9.17, 15) is 4.79 Å². The van der Waals surface area contributed by atoms with Gasteiger partial charge in [0.05, 0.1) is 0 Å². The van der Waals surface area contributed by atoms with Crippen LogP contribution in [0.2, 0.25) is 0 Å². The minimum Gasteiger partial charge on any atom is -0.359 e. The molecule has 3 N–H and O–H groups in total. The number of aryl methyl sites for hydroxylation is 1. The van der Waals surface area contributed by atoms with E-state index in [-0.39, 0.29) is 17.4 Å². The van der Waals surface area contributed by atoms with Gasteiger partial charge >= 0.3 is 0 Å². The van der Waals surface area contributed by atoms with Crippen LogP contribution in [-0.4, -0.2) is 17.5 Å². The van der Waals surface area contributed by atoms with E-state index < -0.39 is 0 Å².